The average molecular weight is 417 g/mol. The van der Waals surface area contributed by atoms with E-state index < -0.39 is 15.1 Å². The zero-order valence-corrected chi connectivity index (χ0v) is 17.2. The van der Waals surface area contributed by atoms with Gasteiger partial charge in [0.1, 0.15) is 5.82 Å². The van der Waals surface area contributed by atoms with Crippen molar-refractivity contribution in [3.05, 3.63) is 71.0 Å². The highest BCUT2D eigenvalue weighted by molar-refractivity contribution is 7.92. The highest BCUT2D eigenvalue weighted by Crippen LogP contribution is 2.36. The van der Waals surface area contributed by atoms with Crippen molar-refractivity contribution in [2.75, 3.05) is 32.4 Å². The summed E-state index contributed by atoms with van der Waals surface area (Å²) in [7, 11) is -1.40. The molecule has 2 heterocycles. The smallest absolute Gasteiger partial charge is 0.224 e. The number of benzene rings is 2. The van der Waals surface area contributed by atoms with Gasteiger partial charge in [-0.1, -0.05) is 36.4 Å². The number of rotatable bonds is 3. The fourth-order valence-electron chi connectivity index (χ4n) is 4.35. The van der Waals surface area contributed by atoms with E-state index in [1.54, 1.807) is 17.0 Å². The largest absolute Gasteiger partial charge is 0.331 e. The molecular formula is C22H25FN2O3S. The lowest BCUT2D eigenvalue weighted by Crippen LogP contribution is -2.48. The number of nitrogens with zero attached hydrogens (tertiary/aromatic N) is 2. The Hall–Kier alpha value is -2.25. The monoisotopic (exact) mass is 416 g/mol. The van der Waals surface area contributed by atoms with Crippen LogP contribution in [0, 0.1) is 5.82 Å². The summed E-state index contributed by atoms with van der Waals surface area (Å²) < 4.78 is 38.5. The zero-order chi connectivity index (χ0) is 20.6. The minimum absolute atomic E-state index is 0.0213. The molecule has 1 fully saturated rings. The lowest BCUT2D eigenvalue weighted by atomic mass is 9.88. The van der Waals surface area contributed by atoms with Crippen molar-refractivity contribution >= 4 is 15.7 Å². The van der Waals surface area contributed by atoms with E-state index in [1.807, 2.05) is 36.2 Å². The van der Waals surface area contributed by atoms with Crippen LogP contribution in [0.25, 0.3) is 0 Å². The quantitative estimate of drug-likeness (QED) is 0.771. The first kappa shape index (κ1) is 20.0. The molecule has 154 valence electrons. The lowest BCUT2D eigenvalue weighted by Gasteiger charge is -2.39. The molecular weight excluding hydrogens is 391 g/mol. The SMILES string of the molecule is CN1CCS(=O)(=O)[C@H](CC(=O)N2CCc3ccccc3[C@@H]2c2ccc(F)cc2)C1. The summed E-state index contributed by atoms with van der Waals surface area (Å²) in [6.07, 6.45) is 0.698. The molecule has 2 atom stereocenters. The number of fused-ring (bicyclic) bond motifs is 1. The molecule has 2 aromatic rings. The molecule has 1 amide bonds. The first-order valence-corrected chi connectivity index (χ1v) is 11.6. The number of amides is 1. The van der Waals surface area contributed by atoms with Gasteiger partial charge in [-0.2, -0.15) is 0 Å². The highest BCUT2D eigenvalue weighted by atomic mass is 32.2. The maximum absolute atomic E-state index is 13.5. The summed E-state index contributed by atoms with van der Waals surface area (Å²) in [5.41, 5.74) is 3.01. The number of carbonyl (C=O) groups excluding carboxylic acids is 1. The number of sulfone groups is 1. The maximum Gasteiger partial charge on any atom is 0.224 e. The van der Waals surface area contributed by atoms with Gasteiger partial charge >= 0.3 is 0 Å². The fraction of sp³-hybridized carbons (Fsp3) is 0.409. The third-order valence-electron chi connectivity index (χ3n) is 5.97. The summed E-state index contributed by atoms with van der Waals surface area (Å²) >= 11 is 0. The molecule has 4 rings (SSSR count). The van der Waals surface area contributed by atoms with Gasteiger partial charge < -0.3 is 9.80 Å². The molecule has 0 N–H and O–H groups in total. The molecule has 0 bridgehead atoms. The van der Waals surface area contributed by atoms with Crippen molar-refractivity contribution in [3.63, 3.8) is 0 Å². The summed E-state index contributed by atoms with van der Waals surface area (Å²) in [4.78, 5) is 17.0. The second-order valence-electron chi connectivity index (χ2n) is 7.95. The Bertz CT molecular complexity index is 1010. The van der Waals surface area contributed by atoms with Crippen LogP contribution < -0.4 is 0 Å². The Labute approximate surface area is 171 Å². The van der Waals surface area contributed by atoms with Gasteiger partial charge in [0.2, 0.25) is 5.91 Å². The van der Waals surface area contributed by atoms with E-state index in [0.717, 1.165) is 23.1 Å². The second-order valence-corrected chi connectivity index (χ2v) is 10.3. The Balaban J connectivity index is 1.66. The van der Waals surface area contributed by atoms with Gasteiger partial charge in [-0.25, -0.2) is 12.8 Å². The summed E-state index contributed by atoms with van der Waals surface area (Å²) in [6, 6.07) is 13.8. The number of halogens is 1. The molecule has 0 aromatic heterocycles. The topological polar surface area (TPSA) is 57.7 Å². The Morgan fingerprint density at radius 1 is 1.10 bits per heavy atom. The van der Waals surface area contributed by atoms with E-state index in [1.165, 1.54) is 12.1 Å². The normalized spacial score (nSPS) is 24.1. The van der Waals surface area contributed by atoms with Crippen molar-refractivity contribution in [3.8, 4) is 0 Å². The minimum atomic E-state index is -3.28. The van der Waals surface area contributed by atoms with Gasteiger partial charge in [-0.15, -0.1) is 0 Å². The van der Waals surface area contributed by atoms with Gasteiger partial charge in [0.15, 0.2) is 9.84 Å². The van der Waals surface area contributed by atoms with Crippen LogP contribution in [0.1, 0.15) is 29.2 Å². The van der Waals surface area contributed by atoms with Gasteiger partial charge in [0.25, 0.3) is 0 Å². The van der Waals surface area contributed by atoms with Gasteiger partial charge in [0, 0.05) is 26.1 Å². The molecule has 29 heavy (non-hydrogen) atoms. The number of hydrogen-bond acceptors (Lipinski definition) is 4. The van der Waals surface area contributed by atoms with Gasteiger partial charge in [0.05, 0.1) is 17.0 Å². The fourth-order valence-corrected chi connectivity index (χ4v) is 6.12. The molecule has 2 aromatic carbocycles. The maximum atomic E-state index is 13.5. The molecule has 1 saturated heterocycles. The van der Waals surface area contributed by atoms with Gasteiger partial charge in [-0.05, 0) is 42.3 Å². The first-order chi connectivity index (χ1) is 13.8. The molecule has 0 unspecified atom stereocenters. The zero-order valence-electron chi connectivity index (χ0n) is 16.4. The summed E-state index contributed by atoms with van der Waals surface area (Å²) in [5.74, 6) is -0.407. The Kier molecular flexibility index (Phi) is 5.44. The van der Waals surface area contributed by atoms with Crippen LogP contribution in [0.4, 0.5) is 4.39 Å². The predicted molar refractivity (Wildman–Crippen MR) is 110 cm³/mol. The van der Waals surface area contributed by atoms with Crippen LogP contribution in [0.15, 0.2) is 48.5 Å². The van der Waals surface area contributed by atoms with Crippen LogP contribution in [0.5, 0.6) is 0 Å². The van der Waals surface area contributed by atoms with Crippen molar-refractivity contribution in [1.82, 2.24) is 9.80 Å². The van der Waals surface area contributed by atoms with E-state index in [9.17, 15) is 17.6 Å². The van der Waals surface area contributed by atoms with E-state index in [-0.39, 0.29) is 29.9 Å². The molecule has 5 nitrogen and oxygen atoms in total. The van der Waals surface area contributed by atoms with E-state index in [0.29, 0.717) is 19.6 Å². The molecule has 0 saturated carbocycles. The van der Waals surface area contributed by atoms with Gasteiger partial charge in [-0.3, -0.25) is 4.79 Å². The second kappa shape index (κ2) is 7.88. The Morgan fingerprint density at radius 2 is 1.83 bits per heavy atom. The molecule has 2 aliphatic rings. The minimum Gasteiger partial charge on any atom is -0.331 e. The van der Waals surface area contributed by atoms with Crippen LogP contribution >= 0.6 is 0 Å². The highest BCUT2D eigenvalue weighted by Gasteiger charge is 2.37. The predicted octanol–water partition coefficient (Wildman–Crippen LogP) is 2.42. The average Bonchev–Trinajstić information content (AvgIpc) is 2.71. The van der Waals surface area contributed by atoms with Crippen molar-refractivity contribution in [2.24, 2.45) is 0 Å². The third kappa shape index (κ3) is 4.07. The van der Waals surface area contributed by atoms with E-state index in [4.69, 9.17) is 0 Å². The summed E-state index contributed by atoms with van der Waals surface area (Å²) in [6.45, 7) is 1.39. The molecule has 0 radical (unpaired) electrons. The number of hydrogen-bond donors (Lipinski definition) is 0. The van der Waals surface area contributed by atoms with E-state index >= 15 is 0 Å². The van der Waals surface area contributed by atoms with Crippen molar-refractivity contribution < 1.29 is 17.6 Å². The molecule has 7 heteroatoms. The molecule has 0 aliphatic carbocycles. The first-order valence-electron chi connectivity index (χ1n) is 9.88. The molecule has 0 spiro atoms. The third-order valence-corrected chi connectivity index (χ3v) is 8.06. The van der Waals surface area contributed by atoms with Crippen LogP contribution in [0.3, 0.4) is 0 Å². The van der Waals surface area contributed by atoms with Crippen LogP contribution in [-0.4, -0.2) is 61.8 Å². The van der Waals surface area contributed by atoms with Crippen LogP contribution in [0.2, 0.25) is 0 Å². The standard InChI is InChI=1S/C22H25FN2O3S/c1-24-12-13-29(27,28)19(15-24)14-21(26)25-11-10-16-4-2-3-5-20(16)22(25)17-6-8-18(23)9-7-17/h2-9,19,22H,10-15H2,1H3/t19-,22+/m1/s1. The van der Waals surface area contributed by atoms with E-state index in [2.05, 4.69) is 0 Å². The summed E-state index contributed by atoms with van der Waals surface area (Å²) in [5, 5.41) is -0.681. The number of carbonyl (C=O) groups is 1. The van der Waals surface area contributed by atoms with Crippen molar-refractivity contribution in [1.29, 1.82) is 0 Å². The lowest BCUT2D eigenvalue weighted by molar-refractivity contribution is -0.133. The Morgan fingerprint density at radius 3 is 2.59 bits per heavy atom. The van der Waals surface area contributed by atoms with Crippen molar-refractivity contribution in [2.45, 2.75) is 24.1 Å². The molecule has 2 aliphatic heterocycles. The van der Waals surface area contributed by atoms with Crippen LogP contribution in [-0.2, 0) is 21.1 Å².